The molecular formula is C23H29NO2. The van der Waals surface area contributed by atoms with Gasteiger partial charge in [-0.2, -0.15) is 0 Å². The third kappa shape index (κ3) is 4.95. The van der Waals surface area contributed by atoms with Crippen LogP contribution < -0.4 is 4.74 Å². The Hall–Kier alpha value is -2.13. The maximum absolute atomic E-state index is 13.2. The van der Waals surface area contributed by atoms with E-state index >= 15 is 0 Å². The molecule has 1 saturated heterocycles. The predicted octanol–water partition coefficient (Wildman–Crippen LogP) is 4.93. The minimum absolute atomic E-state index is 0.129. The van der Waals surface area contributed by atoms with Crippen molar-refractivity contribution in [2.75, 3.05) is 26.2 Å². The molecular weight excluding hydrogens is 322 g/mol. The van der Waals surface area contributed by atoms with Crippen LogP contribution in [0.2, 0.25) is 0 Å². The van der Waals surface area contributed by atoms with E-state index in [-0.39, 0.29) is 11.7 Å². The van der Waals surface area contributed by atoms with Gasteiger partial charge in [0.2, 0.25) is 0 Å². The van der Waals surface area contributed by atoms with Crippen molar-refractivity contribution in [1.29, 1.82) is 0 Å². The quantitative estimate of drug-likeness (QED) is 0.632. The van der Waals surface area contributed by atoms with Crippen LogP contribution in [-0.4, -0.2) is 36.9 Å². The first-order chi connectivity index (χ1) is 12.8. The molecule has 1 fully saturated rings. The fraction of sp³-hybridized carbons (Fsp3) is 0.435. The number of ketones is 1. The van der Waals surface area contributed by atoms with Crippen molar-refractivity contribution in [3.63, 3.8) is 0 Å². The Morgan fingerprint density at radius 3 is 2.35 bits per heavy atom. The molecule has 0 saturated carbocycles. The van der Waals surface area contributed by atoms with Crippen molar-refractivity contribution in [1.82, 2.24) is 4.90 Å². The van der Waals surface area contributed by atoms with Crippen molar-refractivity contribution in [2.24, 2.45) is 0 Å². The summed E-state index contributed by atoms with van der Waals surface area (Å²) in [6.45, 7) is 5.80. The smallest absolute Gasteiger partial charge is 0.171 e. The Morgan fingerprint density at radius 1 is 1.00 bits per heavy atom. The summed E-state index contributed by atoms with van der Waals surface area (Å²) in [6.07, 6.45) is 4.76. The normalized spacial score (nSPS) is 16.2. The lowest BCUT2D eigenvalue weighted by Crippen LogP contribution is -2.35. The minimum atomic E-state index is -0.129. The van der Waals surface area contributed by atoms with Gasteiger partial charge in [0.15, 0.2) is 5.78 Å². The van der Waals surface area contributed by atoms with E-state index in [9.17, 15) is 4.79 Å². The molecule has 1 aliphatic rings. The van der Waals surface area contributed by atoms with Crippen LogP contribution >= 0.6 is 0 Å². The van der Waals surface area contributed by atoms with E-state index in [4.69, 9.17) is 4.74 Å². The van der Waals surface area contributed by atoms with Gasteiger partial charge in [-0.25, -0.2) is 0 Å². The molecule has 26 heavy (non-hydrogen) atoms. The largest absolute Gasteiger partial charge is 0.494 e. The number of Topliss-reactive ketones (excluding diaryl/α,β-unsaturated/α-hetero) is 1. The van der Waals surface area contributed by atoms with Gasteiger partial charge in [-0.3, -0.25) is 4.79 Å². The number of hydrogen-bond donors (Lipinski definition) is 0. The minimum Gasteiger partial charge on any atom is -0.494 e. The second-order valence-corrected chi connectivity index (χ2v) is 7.06. The Morgan fingerprint density at radius 2 is 1.69 bits per heavy atom. The number of ether oxygens (including phenoxy) is 1. The first-order valence-corrected chi connectivity index (χ1v) is 9.82. The Balaban J connectivity index is 1.80. The molecule has 2 aromatic carbocycles. The molecule has 0 aromatic heterocycles. The zero-order valence-electron chi connectivity index (χ0n) is 15.7. The molecule has 0 aliphatic carbocycles. The Bertz CT molecular complexity index is 675. The molecule has 1 atom stereocenters. The molecule has 1 aliphatic heterocycles. The number of nitrogens with zero attached hydrogens (tertiary/aromatic N) is 1. The maximum atomic E-state index is 13.2. The average molecular weight is 351 g/mol. The zero-order valence-corrected chi connectivity index (χ0v) is 15.7. The van der Waals surface area contributed by atoms with Crippen molar-refractivity contribution in [3.8, 4) is 5.75 Å². The summed E-state index contributed by atoms with van der Waals surface area (Å²) in [5.74, 6) is 0.952. The van der Waals surface area contributed by atoms with Crippen molar-refractivity contribution in [3.05, 3.63) is 65.7 Å². The van der Waals surface area contributed by atoms with Gasteiger partial charge in [0.05, 0.1) is 12.5 Å². The number of piperidine rings is 1. The average Bonchev–Trinajstić information content (AvgIpc) is 2.72. The lowest BCUT2D eigenvalue weighted by Gasteiger charge is -2.30. The van der Waals surface area contributed by atoms with E-state index < -0.39 is 0 Å². The number of hydrogen-bond acceptors (Lipinski definition) is 3. The van der Waals surface area contributed by atoms with Crippen LogP contribution in [0.3, 0.4) is 0 Å². The van der Waals surface area contributed by atoms with Crippen LogP contribution in [0.4, 0.5) is 0 Å². The third-order valence-corrected chi connectivity index (χ3v) is 5.02. The number of likely N-dealkylation sites (tertiary alicyclic amines) is 1. The standard InChI is InChI=1S/C23H29NO2/c1-2-17-26-21-13-11-19(12-14-21)22(18-24-15-7-4-8-16-24)23(25)20-9-5-3-6-10-20/h3,5-6,9-14,22H,2,4,7-8,15-18H2,1H3. The van der Waals surface area contributed by atoms with Gasteiger partial charge in [-0.15, -0.1) is 0 Å². The highest BCUT2D eigenvalue weighted by atomic mass is 16.5. The van der Waals surface area contributed by atoms with Gasteiger partial charge < -0.3 is 9.64 Å². The predicted molar refractivity (Wildman–Crippen MR) is 106 cm³/mol. The van der Waals surface area contributed by atoms with Crippen LogP contribution in [0, 0.1) is 0 Å². The summed E-state index contributed by atoms with van der Waals surface area (Å²) >= 11 is 0. The molecule has 0 bridgehead atoms. The first-order valence-electron chi connectivity index (χ1n) is 9.82. The maximum Gasteiger partial charge on any atom is 0.171 e. The summed E-state index contributed by atoms with van der Waals surface area (Å²) in [5.41, 5.74) is 1.87. The zero-order chi connectivity index (χ0) is 18.2. The van der Waals surface area contributed by atoms with Crippen LogP contribution in [0.15, 0.2) is 54.6 Å². The molecule has 0 N–H and O–H groups in total. The third-order valence-electron chi connectivity index (χ3n) is 5.02. The SMILES string of the molecule is CCCOc1ccc(C(CN2CCCCC2)C(=O)c2ccccc2)cc1. The molecule has 0 amide bonds. The van der Waals surface area contributed by atoms with Crippen molar-refractivity contribution < 1.29 is 9.53 Å². The molecule has 2 aromatic rings. The lowest BCUT2D eigenvalue weighted by atomic mass is 9.89. The van der Waals surface area contributed by atoms with E-state index in [0.717, 1.165) is 49.5 Å². The first kappa shape index (κ1) is 18.7. The summed E-state index contributed by atoms with van der Waals surface area (Å²) in [7, 11) is 0. The molecule has 3 nitrogen and oxygen atoms in total. The van der Waals surface area contributed by atoms with Crippen molar-refractivity contribution in [2.45, 2.75) is 38.5 Å². The van der Waals surface area contributed by atoms with Crippen LogP contribution in [0.5, 0.6) is 5.75 Å². The Labute approximate surface area is 157 Å². The second-order valence-electron chi connectivity index (χ2n) is 7.06. The van der Waals surface area contributed by atoms with Gasteiger partial charge in [-0.1, -0.05) is 55.8 Å². The number of carbonyl (C=O) groups is 1. The van der Waals surface area contributed by atoms with E-state index in [1.165, 1.54) is 19.3 Å². The summed E-state index contributed by atoms with van der Waals surface area (Å²) in [4.78, 5) is 15.7. The molecule has 1 heterocycles. The molecule has 1 unspecified atom stereocenters. The fourth-order valence-electron chi connectivity index (χ4n) is 3.56. The van der Waals surface area contributed by atoms with Crippen LogP contribution in [0.25, 0.3) is 0 Å². The van der Waals surface area contributed by atoms with Gasteiger partial charge in [0.1, 0.15) is 5.75 Å². The van der Waals surface area contributed by atoms with Gasteiger partial charge in [0, 0.05) is 12.1 Å². The highest BCUT2D eigenvalue weighted by Crippen LogP contribution is 2.26. The summed E-state index contributed by atoms with van der Waals surface area (Å²) in [6, 6.07) is 17.8. The Kier molecular flexibility index (Phi) is 6.84. The molecule has 0 radical (unpaired) electrons. The highest BCUT2D eigenvalue weighted by molar-refractivity contribution is 6.01. The molecule has 0 spiro atoms. The van der Waals surface area contributed by atoms with Crippen molar-refractivity contribution >= 4 is 5.78 Å². The topological polar surface area (TPSA) is 29.5 Å². The van der Waals surface area contributed by atoms with Gasteiger partial charge in [0.25, 0.3) is 0 Å². The van der Waals surface area contributed by atoms with E-state index in [2.05, 4.69) is 24.0 Å². The molecule has 3 heteroatoms. The monoisotopic (exact) mass is 351 g/mol. The number of rotatable bonds is 8. The van der Waals surface area contributed by atoms with E-state index in [1.807, 2.05) is 42.5 Å². The summed E-state index contributed by atoms with van der Waals surface area (Å²) in [5, 5.41) is 0. The number of carbonyl (C=O) groups excluding carboxylic acids is 1. The van der Waals surface area contributed by atoms with E-state index in [1.54, 1.807) is 0 Å². The van der Waals surface area contributed by atoms with Crippen LogP contribution in [-0.2, 0) is 0 Å². The fourth-order valence-corrected chi connectivity index (χ4v) is 3.56. The van der Waals surface area contributed by atoms with E-state index in [0.29, 0.717) is 0 Å². The lowest BCUT2D eigenvalue weighted by molar-refractivity contribution is 0.0925. The summed E-state index contributed by atoms with van der Waals surface area (Å²) < 4.78 is 5.69. The van der Waals surface area contributed by atoms with Gasteiger partial charge >= 0.3 is 0 Å². The van der Waals surface area contributed by atoms with Gasteiger partial charge in [-0.05, 0) is 50.0 Å². The second kappa shape index (κ2) is 9.54. The van der Waals surface area contributed by atoms with Crippen LogP contribution in [0.1, 0.15) is 54.4 Å². The highest BCUT2D eigenvalue weighted by Gasteiger charge is 2.25. The number of benzene rings is 2. The molecule has 138 valence electrons. The molecule has 3 rings (SSSR count).